The van der Waals surface area contributed by atoms with Gasteiger partial charge in [0.25, 0.3) is 5.69 Å². The standard InChI is InChI=1S/C7H5ClFNO3/c1-13-6-3-4(10(11)12)2-5(8)7(6)9/h2-3H,1H3. The number of nitro benzene ring substituents is 1. The highest BCUT2D eigenvalue weighted by Gasteiger charge is 2.15. The van der Waals surface area contributed by atoms with E-state index in [-0.39, 0.29) is 16.5 Å². The van der Waals surface area contributed by atoms with Crippen LogP contribution in [0, 0.1) is 15.9 Å². The summed E-state index contributed by atoms with van der Waals surface area (Å²) in [6.07, 6.45) is 0. The molecule has 1 aromatic carbocycles. The second-order valence-electron chi connectivity index (χ2n) is 2.20. The minimum absolute atomic E-state index is 0.237. The Morgan fingerprint density at radius 3 is 2.69 bits per heavy atom. The lowest BCUT2D eigenvalue weighted by Gasteiger charge is -2.02. The van der Waals surface area contributed by atoms with E-state index in [2.05, 4.69) is 4.74 Å². The summed E-state index contributed by atoms with van der Waals surface area (Å²) < 4.78 is 17.5. The molecule has 0 amide bonds. The third-order valence-electron chi connectivity index (χ3n) is 1.41. The fourth-order valence-electron chi connectivity index (χ4n) is 0.804. The van der Waals surface area contributed by atoms with Gasteiger partial charge in [-0.1, -0.05) is 11.6 Å². The van der Waals surface area contributed by atoms with Crippen molar-refractivity contribution in [3.63, 3.8) is 0 Å². The van der Waals surface area contributed by atoms with Crippen molar-refractivity contribution < 1.29 is 14.1 Å². The zero-order valence-corrected chi connectivity index (χ0v) is 7.34. The van der Waals surface area contributed by atoms with Crippen LogP contribution in [0.5, 0.6) is 5.75 Å². The summed E-state index contributed by atoms with van der Waals surface area (Å²) >= 11 is 5.38. The number of nitrogens with zero attached hydrogens (tertiary/aromatic N) is 1. The molecule has 0 atom stereocenters. The van der Waals surface area contributed by atoms with Crippen molar-refractivity contribution >= 4 is 17.3 Å². The van der Waals surface area contributed by atoms with E-state index in [1.165, 1.54) is 7.11 Å². The lowest BCUT2D eigenvalue weighted by atomic mass is 10.3. The highest BCUT2D eigenvalue weighted by Crippen LogP contribution is 2.29. The molecule has 13 heavy (non-hydrogen) atoms. The van der Waals surface area contributed by atoms with Crippen LogP contribution in [0.4, 0.5) is 10.1 Å². The molecule has 1 aromatic rings. The number of non-ortho nitro benzene ring substituents is 1. The molecular formula is C7H5ClFNO3. The summed E-state index contributed by atoms with van der Waals surface area (Å²) in [5.41, 5.74) is -0.303. The second kappa shape index (κ2) is 3.57. The Labute approximate surface area is 78.0 Å². The summed E-state index contributed by atoms with van der Waals surface area (Å²) in [6.45, 7) is 0. The first kappa shape index (κ1) is 9.73. The molecule has 0 aliphatic heterocycles. The molecule has 0 saturated heterocycles. The molecule has 0 heterocycles. The van der Waals surface area contributed by atoms with Crippen LogP contribution in [-0.4, -0.2) is 12.0 Å². The first-order chi connectivity index (χ1) is 6.06. The molecular weight excluding hydrogens is 201 g/mol. The number of hydrogen-bond donors (Lipinski definition) is 0. The number of hydrogen-bond acceptors (Lipinski definition) is 3. The van der Waals surface area contributed by atoms with Crippen LogP contribution in [-0.2, 0) is 0 Å². The molecule has 0 unspecified atom stereocenters. The third-order valence-corrected chi connectivity index (χ3v) is 1.69. The monoisotopic (exact) mass is 205 g/mol. The van der Waals surface area contributed by atoms with Gasteiger partial charge in [0, 0.05) is 6.07 Å². The van der Waals surface area contributed by atoms with Crippen molar-refractivity contribution in [2.45, 2.75) is 0 Å². The third kappa shape index (κ3) is 1.86. The normalized spacial score (nSPS) is 9.77. The topological polar surface area (TPSA) is 52.4 Å². The molecule has 0 fully saturated rings. The fourth-order valence-corrected chi connectivity index (χ4v) is 1.01. The van der Waals surface area contributed by atoms with E-state index in [1.54, 1.807) is 0 Å². The van der Waals surface area contributed by atoms with Gasteiger partial charge in [-0.05, 0) is 0 Å². The Balaban J connectivity index is 3.30. The summed E-state index contributed by atoms with van der Waals surface area (Å²) in [5.74, 6) is -1.03. The molecule has 0 spiro atoms. The zero-order valence-electron chi connectivity index (χ0n) is 6.58. The van der Waals surface area contributed by atoms with Crippen LogP contribution >= 0.6 is 11.6 Å². The van der Waals surface area contributed by atoms with Crippen molar-refractivity contribution in [1.29, 1.82) is 0 Å². The van der Waals surface area contributed by atoms with Crippen molar-refractivity contribution in [3.8, 4) is 5.75 Å². The first-order valence-electron chi connectivity index (χ1n) is 3.23. The maximum atomic E-state index is 13.0. The molecule has 0 saturated carbocycles. The van der Waals surface area contributed by atoms with Crippen LogP contribution in [0.15, 0.2) is 12.1 Å². The van der Waals surface area contributed by atoms with Crippen LogP contribution in [0.2, 0.25) is 5.02 Å². The SMILES string of the molecule is COc1cc([N+](=O)[O-])cc(Cl)c1F. The van der Waals surface area contributed by atoms with Gasteiger partial charge in [-0.2, -0.15) is 0 Å². The Morgan fingerprint density at radius 2 is 2.23 bits per heavy atom. The minimum atomic E-state index is -0.797. The summed E-state index contributed by atoms with van der Waals surface area (Å²) in [7, 11) is 1.21. The zero-order chi connectivity index (χ0) is 10.0. The number of ether oxygens (including phenoxy) is 1. The maximum absolute atomic E-state index is 13.0. The van der Waals surface area contributed by atoms with Gasteiger partial charge in [0.1, 0.15) is 0 Å². The number of halogens is 2. The molecule has 0 bridgehead atoms. The van der Waals surface area contributed by atoms with Gasteiger partial charge < -0.3 is 4.74 Å². The van der Waals surface area contributed by atoms with Gasteiger partial charge in [-0.25, -0.2) is 4.39 Å². The van der Waals surface area contributed by atoms with Crippen molar-refractivity contribution in [3.05, 3.63) is 33.1 Å². The van der Waals surface area contributed by atoms with E-state index in [1.807, 2.05) is 0 Å². The van der Waals surface area contributed by atoms with Crippen molar-refractivity contribution in [2.24, 2.45) is 0 Å². The number of benzene rings is 1. The Morgan fingerprint density at radius 1 is 1.62 bits per heavy atom. The molecule has 70 valence electrons. The number of methoxy groups -OCH3 is 1. The number of rotatable bonds is 2. The molecule has 0 aliphatic carbocycles. The average Bonchev–Trinajstić information content (AvgIpc) is 2.09. The van der Waals surface area contributed by atoms with Gasteiger partial charge in [-0.3, -0.25) is 10.1 Å². The summed E-state index contributed by atoms with van der Waals surface area (Å²) in [4.78, 5) is 9.63. The number of nitro groups is 1. The van der Waals surface area contributed by atoms with Crippen LogP contribution in [0.1, 0.15) is 0 Å². The van der Waals surface area contributed by atoms with Crippen LogP contribution in [0.3, 0.4) is 0 Å². The predicted molar refractivity (Wildman–Crippen MR) is 44.6 cm³/mol. The quantitative estimate of drug-likeness (QED) is 0.550. The summed E-state index contributed by atoms with van der Waals surface area (Å²) in [6, 6.07) is 1.90. The first-order valence-corrected chi connectivity index (χ1v) is 3.61. The molecule has 0 aliphatic rings. The Bertz CT molecular complexity index is 356. The van der Waals surface area contributed by atoms with Crippen LogP contribution < -0.4 is 4.74 Å². The van der Waals surface area contributed by atoms with E-state index in [0.717, 1.165) is 12.1 Å². The fraction of sp³-hybridized carbons (Fsp3) is 0.143. The van der Waals surface area contributed by atoms with Gasteiger partial charge in [0.05, 0.1) is 23.1 Å². The highest BCUT2D eigenvalue weighted by molar-refractivity contribution is 6.31. The Hall–Kier alpha value is -1.36. The van der Waals surface area contributed by atoms with E-state index >= 15 is 0 Å². The lowest BCUT2D eigenvalue weighted by Crippen LogP contribution is -1.93. The van der Waals surface area contributed by atoms with Gasteiger partial charge in [0.2, 0.25) is 0 Å². The average molecular weight is 206 g/mol. The Kier molecular flexibility index (Phi) is 2.67. The smallest absolute Gasteiger partial charge is 0.274 e. The van der Waals surface area contributed by atoms with E-state index in [4.69, 9.17) is 11.6 Å². The van der Waals surface area contributed by atoms with Gasteiger partial charge >= 0.3 is 0 Å². The molecule has 4 nitrogen and oxygen atoms in total. The minimum Gasteiger partial charge on any atom is -0.493 e. The highest BCUT2D eigenvalue weighted by atomic mass is 35.5. The van der Waals surface area contributed by atoms with E-state index in [0.29, 0.717) is 0 Å². The molecule has 0 N–H and O–H groups in total. The van der Waals surface area contributed by atoms with Gasteiger partial charge in [0.15, 0.2) is 11.6 Å². The van der Waals surface area contributed by atoms with E-state index < -0.39 is 10.7 Å². The predicted octanol–water partition coefficient (Wildman–Crippen LogP) is 2.40. The maximum Gasteiger partial charge on any atom is 0.274 e. The van der Waals surface area contributed by atoms with Crippen LogP contribution in [0.25, 0.3) is 0 Å². The lowest BCUT2D eigenvalue weighted by molar-refractivity contribution is -0.385. The van der Waals surface area contributed by atoms with Gasteiger partial charge in [-0.15, -0.1) is 0 Å². The molecule has 0 radical (unpaired) electrons. The summed E-state index contributed by atoms with van der Waals surface area (Å²) in [5, 5.41) is 9.97. The van der Waals surface area contributed by atoms with Crippen molar-refractivity contribution in [2.75, 3.05) is 7.11 Å². The van der Waals surface area contributed by atoms with E-state index in [9.17, 15) is 14.5 Å². The van der Waals surface area contributed by atoms with Crippen molar-refractivity contribution in [1.82, 2.24) is 0 Å². The molecule has 1 rings (SSSR count). The molecule has 6 heteroatoms. The largest absolute Gasteiger partial charge is 0.493 e. The second-order valence-corrected chi connectivity index (χ2v) is 2.61. The molecule has 0 aromatic heterocycles.